The first-order chi connectivity index (χ1) is 19.6. The van der Waals surface area contributed by atoms with Gasteiger partial charge in [0.05, 0.1) is 34.8 Å². The van der Waals surface area contributed by atoms with Gasteiger partial charge in [-0.25, -0.2) is 17.2 Å². The molecule has 220 valence electrons. The van der Waals surface area contributed by atoms with Crippen LogP contribution in [0.1, 0.15) is 71.6 Å². The van der Waals surface area contributed by atoms with Crippen LogP contribution in [0.5, 0.6) is 0 Å². The Bertz CT molecular complexity index is 1450. The summed E-state index contributed by atoms with van der Waals surface area (Å²) in [4.78, 5) is 17.7. The van der Waals surface area contributed by atoms with Crippen molar-refractivity contribution in [1.29, 1.82) is 0 Å². The van der Waals surface area contributed by atoms with Gasteiger partial charge in [0.15, 0.2) is 9.84 Å². The highest BCUT2D eigenvalue weighted by Crippen LogP contribution is 2.41. The molecule has 2 aromatic carbocycles. The van der Waals surface area contributed by atoms with Crippen LogP contribution in [0.4, 0.5) is 8.78 Å². The number of nitrogens with zero attached hydrogens (tertiary/aromatic N) is 4. The fourth-order valence-corrected chi connectivity index (χ4v) is 6.71. The first-order valence-corrected chi connectivity index (χ1v) is 16.2. The van der Waals surface area contributed by atoms with Crippen molar-refractivity contribution in [1.82, 2.24) is 19.6 Å². The Balaban J connectivity index is 1.30. The number of aryl methyl sites for hydroxylation is 1. The largest absolute Gasteiger partial charge is 0.332 e. The van der Waals surface area contributed by atoms with Gasteiger partial charge in [-0.2, -0.15) is 5.10 Å². The molecule has 0 spiro atoms. The molecule has 10 heteroatoms. The van der Waals surface area contributed by atoms with Gasteiger partial charge in [-0.05, 0) is 55.6 Å². The molecule has 0 radical (unpaired) electrons. The van der Waals surface area contributed by atoms with Crippen LogP contribution in [-0.2, 0) is 22.9 Å². The summed E-state index contributed by atoms with van der Waals surface area (Å²) in [7, 11) is -3.23. The number of unbranched alkanes of at least 4 members (excludes halogenated alkanes) is 1. The number of alkyl halides is 2. The lowest BCUT2D eigenvalue weighted by molar-refractivity contribution is -0.00244. The van der Waals surface area contributed by atoms with Crippen LogP contribution in [0.3, 0.4) is 0 Å². The monoisotopic (exact) mass is 584 g/mol. The molecule has 1 amide bonds. The molecule has 0 bridgehead atoms. The zero-order chi connectivity index (χ0) is 29.2. The first-order valence-electron chi connectivity index (χ1n) is 14.4. The Labute approximate surface area is 241 Å². The molecule has 2 aliphatic rings. The molecule has 3 heterocycles. The maximum absolute atomic E-state index is 15.1. The number of likely N-dealkylation sites (tertiary alicyclic amines) is 2. The number of sulfone groups is 1. The summed E-state index contributed by atoms with van der Waals surface area (Å²) in [6, 6.07) is 15.7. The van der Waals surface area contributed by atoms with Gasteiger partial charge in [0.25, 0.3) is 11.8 Å². The average molecular weight is 585 g/mol. The number of hydrogen-bond acceptors (Lipinski definition) is 5. The van der Waals surface area contributed by atoms with E-state index >= 15 is 8.78 Å². The van der Waals surface area contributed by atoms with Gasteiger partial charge in [-0.3, -0.25) is 14.4 Å². The molecule has 5 rings (SSSR count). The number of halogens is 2. The lowest BCUT2D eigenvalue weighted by atomic mass is 9.90. The fourth-order valence-electron chi connectivity index (χ4n) is 6.08. The van der Waals surface area contributed by atoms with Gasteiger partial charge in [0.1, 0.15) is 0 Å². The van der Waals surface area contributed by atoms with Crippen molar-refractivity contribution in [2.45, 2.75) is 68.4 Å². The van der Waals surface area contributed by atoms with Crippen LogP contribution in [0.2, 0.25) is 0 Å². The Morgan fingerprint density at radius 3 is 2.37 bits per heavy atom. The molecule has 1 aromatic heterocycles. The third kappa shape index (κ3) is 6.54. The van der Waals surface area contributed by atoms with Crippen molar-refractivity contribution in [2.24, 2.45) is 0 Å². The van der Waals surface area contributed by atoms with E-state index < -0.39 is 28.2 Å². The summed E-state index contributed by atoms with van der Waals surface area (Å²) < 4.78 is 55.7. The SMILES string of the molecule is CCCCn1ncc(C(=O)N2CC(c3ccccc3)C(F)(F)C2)c1C1CCN(Cc2ccc(S(C)(=O)=O)cc2)CC1. The summed E-state index contributed by atoms with van der Waals surface area (Å²) in [6.45, 7) is 4.50. The maximum Gasteiger partial charge on any atom is 0.273 e. The number of piperidine rings is 1. The minimum absolute atomic E-state index is 0.0218. The van der Waals surface area contributed by atoms with Crippen molar-refractivity contribution in [3.8, 4) is 0 Å². The number of benzene rings is 2. The van der Waals surface area contributed by atoms with Crippen LogP contribution in [0.25, 0.3) is 0 Å². The minimum Gasteiger partial charge on any atom is -0.332 e. The Morgan fingerprint density at radius 2 is 1.73 bits per heavy atom. The van der Waals surface area contributed by atoms with Gasteiger partial charge in [-0.15, -0.1) is 0 Å². The zero-order valence-corrected chi connectivity index (χ0v) is 24.5. The molecule has 0 aliphatic carbocycles. The normalized spacial score (nSPS) is 20.0. The van der Waals surface area contributed by atoms with Gasteiger partial charge in [0.2, 0.25) is 0 Å². The minimum atomic E-state index is -3.23. The molecule has 41 heavy (non-hydrogen) atoms. The van der Waals surface area contributed by atoms with Crippen LogP contribution in [-0.4, -0.2) is 72.3 Å². The zero-order valence-electron chi connectivity index (χ0n) is 23.7. The summed E-state index contributed by atoms with van der Waals surface area (Å²) in [5.41, 5.74) is 2.90. The van der Waals surface area contributed by atoms with Crippen molar-refractivity contribution in [3.05, 3.63) is 83.2 Å². The Kier molecular flexibility index (Phi) is 8.61. The third-order valence-electron chi connectivity index (χ3n) is 8.37. The second-order valence-corrected chi connectivity index (χ2v) is 13.4. The van der Waals surface area contributed by atoms with Gasteiger partial charge >= 0.3 is 0 Å². The maximum atomic E-state index is 15.1. The molecule has 2 saturated heterocycles. The topological polar surface area (TPSA) is 75.5 Å². The second kappa shape index (κ2) is 12.0. The predicted molar refractivity (Wildman–Crippen MR) is 154 cm³/mol. The van der Waals surface area contributed by atoms with Crippen LogP contribution in [0.15, 0.2) is 65.7 Å². The molecule has 0 saturated carbocycles. The highest BCUT2D eigenvalue weighted by atomic mass is 32.2. The van der Waals surface area contributed by atoms with E-state index in [0.717, 1.165) is 50.0 Å². The van der Waals surface area contributed by atoms with E-state index in [1.807, 2.05) is 16.8 Å². The highest BCUT2D eigenvalue weighted by molar-refractivity contribution is 7.90. The molecular formula is C31H38F2N4O3S. The van der Waals surface area contributed by atoms with E-state index in [1.165, 1.54) is 11.2 Å². The van der Waals surface area contributed by atoms with E-state index in [-0.39, 0.29) is 18.4 Å². The summed E-state index contributed by atoms with van der Waals surface area (Å²) in [5, 5.41) is 4.57. The highest BCUT2D eigenvalue weighted by Gasteiger charge is 2.50. The van der Waals surface area contributed by atoms with Crippen molar-refractivity contribution in [2.75, 3.05) is 32.4 Å². The first kappa shape index (κ1) is 29.4. The van der Waals surface area contributed by atoms with Gasteiger partial charge < -0.3 is 4.90 Å². The molecule has 7 nitrogen and oxygen atoms in total. The molecule has 2 fully saturated rings. The van der Waals surface area contributed by atoms with E-state index in [9.17, 15) is 13.2 Å². The molecule has 2 aliphatic heterocycles. The number of aromatic nitrogens is 2. The van der Waals surface area contributed by atoms with Crippen LogP contribution in [0, 0.1) is 0 Å². The van der Waals surface area contributed by atoms with E-state index in [2.05, 4.69) is 16.9 Å². The fraction of sp³-hybridized carbons (Fsp3) is 0.484. The Hall–Kier alpha value is -3.11. The van der Waals surface area contributed by atoms with Crippen LogP contribution < -0.4 is 0 Å². The Morgan fingerprint density at radius 1 is 1.05 bits per heavy atom. The number of rotatable bonds is 9. The molecule has 1 atom stereocenters. The standard InChI is InChI=1S/C31H38F2N4O3S/c1-3-4-16-37-29(25-14-17-35(18-15-25)20-23-10-12-26(13-11-23)41(2,39)40)27(19-34-37)30(38)36-21-28(31(32,33)22-36)24-8-6-5-7-9-24/h5-13,19,25,28H,3-4,14-18,20-22H2,1-2H3. The van der Waals surface area contributed by atoms with E-state index in [1.54, 1.807) is 48.7 Å². The van der Waals surface area contributed by atoms with Gasteiger partial charge in [-0.1, -0.05) is 55.8 Å². The van der Waals surface area contributed by atoms with E-state index in [0.29, 0.717) is 29.1 Å². The average Bonchev–Trinajstić information content (AvgIpc) is 3.52. The molecule has 1 unspecified atom stereocenters. The summed E-state index contributed by atoms with van der Waals surface area (Å²) in [6.07, 6.45) is 6.33. The summed E-state index contributed by atoms with van der Waals surface area (Å²) in [5.74, 6) is -4.29. The van der Waals surface area contributed by atoms with Crippen molar-refractivity contribution in [3.63, 3.8) is 0 Å². The van der Waals surface area contributed by atoms with Gasteiger partial charge in [0, 0.05) is 31.8 Å². The third-order valence-corrected chi connectivity index (χ3v) is 9.50. The smallest absolute Gasteiger partial charge is 0.273 e. The number of amides is 1. The number of carbonyl (C=O) groups is 1. The van der Waals surface area contributed by atoms with Crippen molar-refractivity contribution < 1.29 is 22.0 Å². The summed E-state index contributed by atoms with van der Waals surface area (Å²) >= 11 is 0. The quantitative estimate of drug-likeness (QED) is 0.339. The van der Waals surface area contributed by atoms with Crippen molar-refractivity contribution >= 4 is 15.7 Å². The number of hydrogen-bond donors (Lipinski definition) is 0. The van der Waals surface area contributed by atoms with Crippen LogP contribution >= 0.6 is 0 Å². The van der Waals surface area contributed by atoms with E-state index in [4.69, 9.17) is 0 Å². The number of carbonyl (C=O) groups excluding carboxylic acids is 1. The second-order valence-electron chi connectivity index (χ2n) is 11.4. The molecular weight excluding hydrogens is 546 g/mol. The molecule has 0 N–H and O–H groups in total. The molecule has 3 aromatic rings. The lowest BCUT2D eigenvalue weighted by Gasteiger charge is -2.33. The predicted octanol–water partition coefficient (Wildman–Crippen LogP) is 5.34. The lowest BCUT2D eigenvalue weighted by Crippen LogP contribution is -2.35.